The number of aryl methyl sites for hydroxylation is 2. The van der Waals surface area contributed by atoms with Crippen LogP contribution in [0.25, 0.3) is 22.6 Å². The van der Waals surface area contributed by atoms with E-state index in [4.69, 9.17) is 14.2 Å². The fourth-order valence-corrected chi connectivity index (χ4v) is 3.66. The first-order chi connectivity index (χ1) is 13.6. The SMILES string of the molecule is CCOc1ccc(-c2noc(Cc3nc(-c4ccc(C)c(C)c4)cs3)n2)cc1. The van der Waals surface area contributed by atoms with Gasteiger partial charge in [0.1, 0.15) is 10.8 Å². The molecule has 0 saturated carbocycles. The second kappa shape index (κ2) is 7.94. The highest BCUT2D eigenvalue weighted by molar-refractivity contribution is 7.10. The lowest BCUT2D eigenvalue weighted by molar-refractivity contribution is 0.340. The number of ether oxygens (including phenoxy) is 1. The zero-order valence-corrected chi connectivity index (χ0v) is 16.9. The number of aromatic nitrogens is 3. The fraction of sp³-hybridized carbons (Fsp3) is 0.227. The molecule has 0 radical (unpaired) electrons. The summed E-state index contributed by atoms with van der Waals surface area (Å²) in [6, 6.07) is 14.1. The van der Waals surface area contributed by atoms with E-state index in [1.54, 1.807) is 11.3 Å². The lowest BCUT2D eigenvalue weighted by atomic mass is 10.1. The lowest BCUT2D eigenvalue weighted by Gasteiger charge is -2.02. The van der Waals surface area contributed by atoms with E-state index in [0.29, 0.717) is 24.7 Å². The Kier molecular flexibility index (Phi) is 5.21. The van der Waals surface area contributed by atoms with Gasteiger partial charge in [-0.2, -0.15) is 4.98 Å². The monoisotopic (exact) mass is 391 g/mol. The van der Waals surface area contributed by atoms with E-state index in [1.165, 1.54) is 11.1 Å². The van der Waals surface area contributed by atoms with Crippen LogP contribution in [0.2, 0.25) is 0 Å². The summed E-state index contributed by atoms with van der Waals surface area (Å²) in [5, 5.41) is 7.12. The average Bonchev–Trinajstić information content (AvgIpc) is 3.35. The van der Waals surface area contributed by atoms with Gasteiger partial charge in [-0.3, -0.25) is 0 Å². The second-order valence-corrected chi connectivity index (χ2v) is 7.51. The van der Waals surface area contributed by atoms with E-state index >= 15 is 0 Å². The van der Waals surface area contributed by atoms with Crippen molar-refractivity contribution in [1.29, 1.82) is 0 Å². The standard InChI is InChI=1S/C22H21N3O2S/c1-4-26-18-9-7-16(8-10-18)22-24-20(27-25-22)12-21-23-19(13-28-21)17-6-5-14(2)15(3)11-17/h5-11,13H,4,12H2,1-3H3. The van der Waals surface area contributed by atoms with Gasteiger partial charge < -0.3 is 9.26 Å². The van der Waals surface area contributed by atoms with Crippen LogP contribution in [-0.2, 0) is 6.42 Å². The van der Waals surface area contributed by atoms with Crippen molar-refractivity contribution in [3.8, 4) is 28.4 Å². The summed E-state index contributed by atoms with van der Waals surface area (Å²) in [6.07, 6.45) is 0.527. The first-order valence-electron chi connectivity index (χ1n) is 9.20. The average molecular weight is 391 g/mol. The minimum absolute atomic E-state index is 0.527. The van der Waals surface area contributed by atoms with Crippen molar-refractivity contribution in [1.82, 2.24) is 15.1 Å². The Balaban J connectivity index is 1.48. The Labute approximate surface area is 168 Å². The van der Waals surface area contributed by atoms with Gasteiger partial charge >= 0.3 is 0 Å². The third-order valence-electron chi connectivity index (χ3n) is 4.55. The largest absolute Gasteiger partial charge is 0.494 e. The second-order valence-electron chi connectivity index (χ2n) is 6.57. The summed E-state index contributed by atoms with van der Waals surface area (Å²) in [5.74, 6) is 1.96. The summed E-state index contributed by atoms with van der Waals surface area (Å²) < 4.78 is 10.9. The highest BCUT2D eigenvalue weighted by Crippen LogP contribution is 2.26. The van der Waals surface area contributed by atoms with Crippen LogP contribution in [0.15, 0.2) is 52.4 Å². The summed E-state index contributed by atoms with van der Waals surface area (Å²) in [5.41, 5.74) is 5.56. The summed E-state index contributed by atoms with van der Waals surface area (Å²) in [4.78, 5) is 9.24. The molecule has 0 aliphatic carbocycles. The molecule has 0 bridgehead atoms. The molecule has 4 rings (SSSR count). The summed E-state index contributed by atoms with van der Waals surface area (Å²) in [7, 11) is 0. The van der Waals surface area contributed by atoms with Crippen molar-refractivity contribution in [2.75, 3.05) is 6.61 Å². The van der Waals surface area contributed by atoms with E-state index in [-0.39, 0.29) is 0 Å². The van der Waals surface area contributed by atoms with Crippen LogP contribution in [-0.4, -0.2) is 21.7 Å². The summed E-state index contributed by atoms with van der Waals surface area (Å²) in [6.45, 7) is 6.84. The molecule has 0 N–H and O–H groups in total. The third-order valence-corrected chi connectivity index (χ3v) is 5.40. The van der Waals surface area contributed by atoms with E-state index < -0.39 is 0 Å². The molecule has 0 atom stereocenters. The van der Waals surface area contributed by atoms with Crippen LogP contribution in [0.1, 0.15) is 28.9 Å². The van der Waals surface area contributed by atoms with Crippen LogP contribution in [0.5, 0.6) is 5.75 Å². The van der Waals surface area contributed by atoms with Crippen LogP contribution < -0.4 is 4.74 Å². The molecule has 2 heterocycles. The minimum Gasteiger partial charge on any atom is -0.494 e. The van der Waals surface area contributed by atoms with Gasteiger partial charge in [0.2, 0.25) is 11.7 Å². The van der Waals surface area contributed by atoms with E-state index in [2.05, 4.69) is 47.6 Å². The molecule has 4 aromatic rings. The molecule has 0 aliphatic rings. The molecule has 6 heteroatoms. The van der Waals surface area contributed by atoms with Gasteiger partial charge in [0, 0.05) is 16.5 Å². The number of hydrogen-bond acceptors (Lipinski definition) is 6. The van der Waals surface area contributed by atoms with Crippen molar-refractivity contribution in [3.63, 3.8) is 0 Å². The number of benzene rings is 2. The van der Waals surface area contributed by atoms with Crippen LogP contribution in [0.4, 0.5) is 0 Å². The molecule has 0 unspecified atom stereocenters. The van der Waals surface area contributed by atoms with Crippen molar-refractivity contribution >= 4 is 11.3 Å². The highest BCUT2D eigenvalue weighted by Gasteiger charge is 2.12. The smallest absolute Gasteiger partial charge is 0.233 e. The number of hydrogen-bond donors (Lipinski definition) is 0. The highest BCUT2D eigenvalue weighted by atomic mass is 32.1. The molecule has 2 aromatic heterocycles. The number of thiazole rings is 1. The van der Waals surface area contributed by atoms with Crippen LogP contribution in [0, 0.1) is 13.8 Å². The predicted molar refractivity (Wildman–Crippen MR) is 111 cm³/mol. The minimum atomic E-state index is 0.527. The Morgan fingerprint density at radius 2 is 1.75 bits per heavy atom. The number of nitrogens with zero attached hydrogens (tertiary/aromatic N) is 3. The Morgan fingerprint density at radius 3 is 2.50 bits per heavy atom. The van der Waals surface area contributed by atoms with E-state index in [9.17, 15) is 0 Å². The normalized spacial score (nSPS) is 11.0. The molecule has 28 heavy (non-hydrogen) atoms. The van der Waals surface area contributed by atoms with Gasteiger partial charge in [0.05, 0.1) is 18.7 Å². The van der Waals surface area contributed by atoms with E-state index in [0.717, 1.165) is 27.6 Å². The maximum Gasteiger partial charge on any atom is 0.233 e. The molecular formula is C22H21N3O2S. The Bertz CT molecular complexity index is 1080. The first-order valence-corrected chi connectivity index (χ1v) is 10.1. The zero-order chi connectivity index (χ0) is 19.5. The van der Waals surface area contributed by atoms with Gasteiger partial charge in [0.25, 0.3) is 0 Å². The molecule has 2 aromatic carbocycles. The van der Waals surface area contributed by atoms with Gasteiger partial charge in [0.15, 0.2) is 0 Å². The Hall–Kier alpha value is -2.99. The van der Waals surface area contributed by atoms with Crippen molar-refractivity contribution in [2.24, 2.45) is 0 Å². The third kappa shape index (κ3) is 3.97. The van der Waals surface area contributed by atoms with Gasteiger partial charge in [-0.05, 0) is 62.2 Å². The zero-order valence-electron chi connectivity index (χ0n) is 16.1. The van der Waals surface area contributed by atoms with Crippen LogP contribution >= 0.6 is 11.3 Å². The maximum atomic E-state index is 5.46. The molecule has 0 amide bonds. The Morgan fingerprint density at radius 1 is 0.964 bits per heavy atom. The maximum absolute atomic E-state index is 5.46. The first kappa shape index (κ1) is 18.4. The molecule has 0 saturated heterocycles. The molecule has 0 fully saturated rings. The molecule has 0 spiro atoms. The molecule has 142 valence electrons. The van der Waals surface area contributed by atoms with Gasteiger partial charge in [-0.1, -0.05) is 17.3 Å². The van der Waals surface area contributed by atoms with Gasteiger partial charge in [-0.25, -0.2) is 4.98 Å². The fourth-order valence-electron chi connectivity index (χ4n) is 2.87. The molecular weight excluding hydrogens is 370 g/mol. The topological polar surface area (TPSA) is 61.0 Å². The predicted octanol–water partition coefficient (Wildman–Crippen LogP) is 5.47. The van der Waals surface area contributed by atoms with Gasteiger partial charge in [-0.15, -0.1) is 11.3 Å². The van der Waals surface area contributed by atoms with E-state index in [1.807, 2.05) is 31.2 Å². The quantitative estimate of drug-likeness (QED) is 0.436. The van der Waals surface area contributed by atoms with Crippen LogP contribution in [0.3, 0.4) is 0 Å². The summed E-state index contributed by atoms with van der Waals surface area (Å²) >= 11 is 1.61. The van der Waals surface area contributed by atoms with Crippen molar-refractivity contribution < 1.29 is 9.26 Å². The molecule has 0 aliphatic heterocycles. The molecule has 5 nitrogen and oxygen atoms in total. The number of rotatable bonds is 6. The van der Waals surface area contributed by atoms with Crippen molar-refractivity contribution in [2.45, 2.75) is 27.2 Å². The lowest BCUT2D eigenvalue weighted by Crippen LogP contribution is -1.91. The van der Waals surface area contributed by atoms with Crippen molar-refractivity contribution in [3.05, 3.63) is 69.9 Å².